The van der Waals surface area contributed by atoms with Crippen molar-refractivity contribution in [1.82, 2.24) is 20.0 Å². The Morgan fingerprint density at radius 3 is 3.00 bits per heavy atom. The average molecular weight is 318 g/mol. The van der Waals surface area contributed by atoms with E-state index in [1.165, 1.54) is 0 Å². The maximum Gasteiger partial charge on any atom is 0.272 e. The van der Waals surface area contributed by atoms with Gasteiger partial charge in [0.2, 0.25) is 5.88 Å². The first-order chi connectivity index (χ1) is 11.1. The van der Waals surface area contributed by atoms with E-state index in [1.807, 2.05) is 38.1 Å². The van der Waals surface area contributed by atoms with Gasteiger partial charge in [-0.2, -0.15) is 5.10 Å². The predicted octanol–water partition coefficient (Wildman–Crippen LogP) is 1.60. The number of furan rings is 1. The number of nitrogens with one attached hydrogen (secondary N) is 1. The van der Waals surface area contributed by atoms with Crippen LogP contribution in [-0.4, -0.2) is 47.8 Å². The Labute approximate surface area is 135 Å². The molecule has 0 saturated heterocycles. The number of nitrogens with zero attached hydrogens (tertiary/aromatic N) is 3. The molecule has 1 unspecified atom stereocenters. The maximum absolute atomic E-state index is 12.5. The molecule has 3 heterocycles. The Kier molecular flexibility index (Phi) is 4.38. The molecule has 1 N–H and O–H groups in total. The second-order valence-electron chi connectivity index (χ2n) is 5.91. The molecule has 0 saturated carbocycles. The van der Waals surface area contributed by atoms with Crippen molar-refractivity contribution in [3.63, 3.8) is 0 Å². The van der Waals surface area contributed by atoms with Gasteiger partial charge in [0.1, 0.15) is 5.76 Å². The van der Waals surface area contributed by atoms with Gasteiger partial charge in [-0.3, -0.25) is 9.69 Å². The summed E-state index contributed by atoms with van der Waals surface area (Å²) in [4.78, 5) is 14.5. The summed E-state index contributed by atoms with van der Waals surface area (Å²) in [5, 5.41) is 7.33. The van der Waals surface area contributed by atoms with E-state index < -0.39 is 0 Å². The van der Waals surface area contributed by atoms with E-state index in [2.05, 4.69) is 10.4 Å². The Hall–Kier alpha value is -2.28. The first kappa shape index (κ1) is 15.6. The van der Waals surface area contributed by atoms with Crippen LogP contribution in [-0.2, 0) is 6.54 Å². The first-order valence-electron chi connectivity index (χ1n) is 7.76. The van der Waals surface area contributed by atoms with Crippen molar-refractivity contribution in [2.45, 2.75) is 25.9 Å². The quantitative estimate of drug-likeness (QED) is 0.906. The topological polar surface area (TPSA) is 72.5 Å². The van der Waals surface area contributed by atoms with Gasteiger partial charge in [0, 0.05) is 25.1 Å². The van der Waals surface area contributed by atoms with Gasteiger partial charge in [0.25, 0.3) is 5.91 Å². The van der Waals surface area contributed by atoms with Crippen molar-refractivity contribution in [3.8, 4) is 5.88 Å². The maximum atomic E-state index is 12.5. The highest BCUT2D eigenvalue weighted by Gasteiger charge is 2.24. The minimum Gasteiger partial charge on any atom is -0.478 e. The lowest BCUT2D eigenvalue weighted by Crippen LogP contribution is -2.34. The van der Waals surface area contributed by atoms with Crippen molar-refractivity contribution < 1.29 is 13.9 Å². The molecule has 0 aliphatic carbocycles. The number of carbonyl (C=O) groups is 1. The Morgan fingerprint density at radius 1 is 1.52 bits per heavy atom. The number of hydrogen-bond acceptors (Lipinski definition) is 5. The van der Waals surface area contributed by atoms with Gasteiger partial charge in [-0.15, -0.1) is 0 Å². The lowest BCUT2D eigenvalue weighted by atomic mass is 10.2. The van der Waals surface area contributed by atoms with Gasteiger partial charge in [-0.25, -0.2) is 4.68 Å². The summed E-state index contributed by atoms with van der Waals surface area (Å²) in [6, 6.07) is 3.73. The van der Waals surface area contributed by atoms with Crippen LogP contribution in [0, 0.1) is 6.92 Å². The monoisotopic (exact) mass is 318 g/mol. The van der Waals surface area contributed by atoms with E-state index in [9.17, 15) is 4.79 Å². The number of likely N-dealkylation sites (N-methyl/N-ethyl adjacent to an activating group) is 1. The summed E-state index contributed by atoms with van der Waals surface area (Å²) in [5.41, 5.74) is 1.22. The summed E-state index contributed by atoms with van der Waals surface area (Å²) in [5.74, 6) is 1.34. The molecule has 1 amide bonds. The van der Waals surface area contributed by atoms with Gasteiger partial charge in [0.15, 0.2) is 5.69 Å². The van der Waals surface area contributed by atoms with Crippen molar-refractivity contribution in [1.29, 1.82) is 0 Å². The normalized spacial score (nSPS) is 15.1. The van der Waals surface area contributed by atoms with Crippen LogP contribution in [0.15, 0.2) is 22.8 Å². The van der Waals surface area contributed by atoms with Crippen LogP contribution >= 0.6 is 0 Å². The number of amides is 1. The van der Waals surface area contributed by atoms with Crippen LogP contribution in [0.4, 0.5) is 0 Å². The molecule has 2 aromatic rings. The number of aromatic nitrogens is 2. The zero-order chi connectivity index (χ0) is 16.4. The Balaban J connectivity index is 1.71. The van der Waals surface area contributed by atoms with Crippen molar-refractivity contribution in [2.24, 2.45) is 0 Å². The van der Waals surface area contributed by atoms with Crippen molar-refractivity contribution in [3.05, 3.63) is 35.4 Å². The van der Waals surface area contributed by atoms with Gasteiger partial charge in [0.05, 0.1) is 18.9 Å². The molecule has 124 valence electrons. The molecule has 1 aliphatic rings. The van der Waals surface area contributed by atoms with E-state index in [0.717, 1.165) is 24.3 Å². The van der Waals surface area contributed by atoms with E-state index >= 15 is 0 Å². The Morgan fingerprint density at radius 2 is 2.35 bits per heavy atom. The zero-order valence-electron chi connectivity index (χ0n) is 13.7. The van der Waals surface area contributed by atoms with Crippen LogP contribution in [0.2, 0.25) is 0 Å². The second-order valence-corrected chi connectivity index (χ2v) is 5.91. The van der Waals surface area contributed by atoms with Gasteiger partial charge in [-0.05, 0) is 33.2 Å². The molecule has 7 heteroatoms. The fourth-order valence-corrected chi connectivity index (χ4v) is 2.76. The molecule has 0 fully saturated rings. The van der Waals surface area contributed by atoms with E-state index in [4.69, 9.17) is 9.15 Å². The molecule has 7 nitrogen and oxygen atoms in total. The SMILES string of the molecule is Cc1c(C(=O)NCC(c2ccco2)N(C)C)nn2c1OCCC2. The number of carbonyl (C=O) groups excluding carboxylic acids is 1. The van der Waals surface area contributed by atoms with Crippen LogP contribution in [0.5, 0.6) is 5.88 Å². The summed E-state index contributed by atoms with van der Waals surface area (Å²) in [6.45, 7) is 3.78. The van der Waals surface area contributed by atoms with Gasteiger partial charge >= 0.3 is 0 Å². The third-order valence-electron chi connectivity index (χ3n) is 4.05. The molecular formula is C16H22N4O3. The third-order valence-corrected chi connectivity index (χ3v) is 4.05. The standard InChI is InChI=1S/C16H22N4O3/c1-11-14(18-20-7-5-9-23-16(11)20)15(21)17-10-12(19(2)3)13-6-4-8-22-13/h4,6,8,12H,5,7,9-10H2,1-3H3,(H,17,21). The summed E-state index contributed by atoms with van der Waals surface area (Å²) < 4.78 is 12.8. The molecule has 2 aromatic heterocycles. The van der Waals surface area contributed by atoms with E-state index in [1.54, 1.807) is 10.9 Å². The van der Waals surface area contributed by atoms with E-state index in [-0.39, 0.29) is 11.9 Å². The number of rotatable bonds is 5. The molecule has 0 spiro atoms. The smallest absolute Gasteiger partial charge is 0.272 e. The molecule has 0 radical (unpaired) electrons. The highest BCUT2D eigenvalue weighted by atomic mass is 16.5. The van der Waals surface area contributed by atoms with Crippen LogP contribution in [0.25, 0.3) is 0 Å². The number of aryl methyl sites for hydroxylation is 1. The average Bonchev–Trinajstić information content (AvgIpc) is 3.16. The number of ether oxygens (including phenoxy) is 1. The largest absolute Gasteiger partial charge is 0.478 e. The van der Waals surface area contributed by atoms with Gasteiger partial charge in [-0.1, -0.05) is 0 Å². The highest BCUT2D eigenvalue weighted by molar-refractivity contribution is 5.94. The van der Waals surface area contributed by atoms with Crippen LogP contribution in [0.1, 0.15) is 34.3 Å². The molecule has 0 bridgehead atoms. The summed E-state index contributed by atoms with van der Waals surface area (Å²) in [6.07, 6.45) is 2.55. The van der Waals surface area contributed by atoms with Crippen molar-refractivity contribution >= 4 is 5.91 Å². The summed E-state index contributed by atoms with van der Waals surface area (Å²) >= 11 is 0. The van der Waals surface area contributed by atoms with Crippen molar-refractivity contribution in [2.75, 3.05) is 27.2 Å². The third kappa shape index (κ3) is 3.10. The number of fused-ring (bicyclic) bond motifs is 1. The lowest BCUT2D eigenvalue weighted by Gasteiger charge is -2.22. The number of hydrogen-bond donors (Lipinski definition) is 1. The summed E-state index contributed by atoms with van der Waals surface area (Å²) in [7, 11) is 3.90. The fourth-order valence-electron chi connectivity index (χ4n) is 2.76. The van der Waals surface area contributed by atoms with Crippen LogP contribution < -0.4 is 10.1 Å². The molecule has 3 rings (SSSR count). The molecule has 0 aromatic carbocycles. The highest BCUT2D eigenvalue weighted by Crippen LogP contribution is 2.25. The molecule has 1 aliphatic heterocycles. The second kappa shape index (κ2) is 6.45. The van der Waals surface area contributed by atoms with E-state index in [0.29, 0.717) is 24.7 Å². The first-order valence-corrected chi connectivity index (χ1v) is 7.76. The Bertz CT molecular complexity index is 676. The lowest BCUT2D eigenvalue weighted by molar-refractivity contribution is 0.0932. The molecular weight excluding hydrogens is 296 g/mol. The van der Waals surface area contributed by atoms with Gasteiger partial charge < -0.3 is 14.5 Å². The molecule has 1 atom stereocenters. The zero-order valence-corrected chi connectivity index (χ0v) is 13.7. The molecule has 23 heavy (non-hydrogen) atoms. The van der Waals surface area contributed by atoms with Crippen LogP contribution in [0.3, 0.4) is 0 Å². The minimum atomic E-state index is -0.189. The predicted molar refractivity (Wildman–Crippen MR) is 84.5 cm³/mol. The minimum absolute atomic E-state index is 0.0252. The fraction of sp³-hybridized carbons (Fsp3) is 0.500.